The van der Waals surface area contributed by atoms with Crippen molar-refractivity contribution >= 4 is 11.9 Å². The minimum atomic E-state index is -1.24. The number of nitrogens with two attached hydrogens (primary N) is 1. The van der Waals surface area contributed by atoms with Crippen molar-refractivity contribution in [1.82, 2.24) is 4.90 Å². The van der Waals surface area contributed by atoms with Gasteiger partial charge in [-0.2, -0.15) is 0 Å². The van der Waals surface area contributed by atoms with Crippen molar-refractivity contribution in [3.05, 3.63) is 35.9 Å². The van der Waals surface area contributed by atoms with Crippen LogP contribution in [-0.2, 0) is 15.1 Å². The van der Waals surface area contributed by atoms with Gasteiger partial charge in [0.05, 0.1) is 0 Å². The van der Waals surface area contributed by atoms with Crippen molar-refractivity contribution in [3.63, 3.8) is 0 Å². The summed E-state index contributed by atoms with van der Waals surface area (Å²) in [4.78, 5) is 24.3. The number of carbonyl (C=O) groups excluding carboxylic acids is 1. The lowest BCUT2D eigenvalue weighted by atomic mass is 9.91. The molecule has 0 aliphatic carbocycles. The monoisotopic (exact) mass is 250 g/mol. The second kappa shape index (κ2) is 5.18. The van der Waals surface area contributed by atoms with E-state index in [4.69, 9.17) is 10.8 Å². The molecule has 98 valence electrons. The van der Waals surface area contributed by atoms with Crippen molar-refractivity contribution in [3.8, 4) is 0 Å². The summed E-state index contributed by atoms with van der Waals surface area (Å²) in [7, 11) is 1.44. The maximum Gasteiger partial charge on any atom is 0.326 e. The van der Waals surface area contributed by atoms with Crippen molar-refractivity contribution in [2.45, 2.75) is 25.4 Å². The molecule has 0 saturated carbocycles. The van der Waals surface area contributed by atoms with E-state index in [-0.39, 0.29) is 0 Å². The van der Waals surface area contributed by atoms with Gasteiger partial charge in [-0.25, -0.2) is 4.79 Å². The molecule has 0 heterocycles. The van der Waals surface area contributed by atoms with Gasteiger partial charge in [0.2, 0.25) is 5.91 Å². The predicted octanol–water partition coefficient (Wildman–Crippen LogP) is 0.792. The summed E-state index contributed by atoms with van der Waals surface area (Å²) in [6, 6.07) is 7.98. The van der Waals surface area contributed by atoms with Gasteiger partial charge in [0, 0.05) is 7.05 Å². The number of carbonyl (C=O) groups is 2. The number of hydrogen-bond acceptors (Lipinski definition) is 3. The summed E-state index contributed by atoms with van der Waals surface area (Å²) in [5, 5.41) is 8.90. The van der Waals surface area contributed by atoms with Crippen molar-refractivity contribution in [1.29, 1.82) is 0 Å². The van der Waals surface area contributed by atoms with Crippen LogP contribution in [0.5, 0.6) is 0 Å². The SMILES string of the molecule is CC(C(=O)O)N(C)C(=O)C(C)(N)c1ccccc1. The van der Waals surface area contributed by atoms with E-state index in [1.165, 1.54) is 14.0 Å². The minimum absolute atomic E-state index is 0.427. The molecule has 2 atom stereocenters. The van der Waals surface area contributed by atoms with E-state index in [2.05, 4.69) is 0 Å². The normalized spacial score (nSPS) is 15.6. The first kappa shape index (κ1) is 14.2. The van der Waals surface area contributed by atoms with E-state index in [0.717, 1.165) is 4.90 Å². The molecular formula is C13H18N2O3. The zero-order valence-corrected chi connectivity index (χ0v) is 10.8. The number of hydrogen-bond donors (Lipinski definition) is 2. The summed E-state index contributed by atoms with van der Waals surface area (Å²) in [6.07, 6.45) is 0. The van der Waals surface area contributed by atoms with E-state index >= 15 is 0 Å². The molecule has 5 nitrogen and oxygen atoms in total. The zero-order chi connectivity index (χ0) is 13.9. The molecule has 3 N–H and O–H groups in total. The third kappa shape index (κ3) is 2.68. The first-order valence-corrected chi connectivity index (χ1v) is 5.63. The summed E-state index contributed by atoms with van der Waals surface area (Å²) in [5.41, 5.74) is 5.45. The van der Waals surface area contributed by atoms with Gasteiger partial charge >= 0.3 is 5.97 Å². The lowest BCUT2D eigenvalue weighted by molar-refractivity contribution is -0.150. The van der Waals surface area contributed by atoms with Crippen LogP contribution in [0.15, 0.2) is 30.3 Å². The van der Waals surface area contributed by atoms with Gasteiger partial charge in [0.15, 0.2) is 0 Å². The Balaban J connectivity index is 2.99. The first-order valence-electron chi connectivity index (χ1n) is 5.63. The zero-order valence-electron chi connectivity index (χ0n) is 10.8. The van der Waals surface area contributed by atoms with Gasteiger partial charge in [0.1, 0.15) is 11.6 Å². The molecule has 0 spiro atoms. The average Bonchev–Trinajstić information content (AvgIpc) is 2.36. The highest BCUT2D eigenvalue weighted by Gasteiger charge is 2.36. The second-order valence-electron chi connectivity index (χ2n) is 4.50. The highest BCUT2D eigenvalue weighted by Crippen LogP contribution is 2.20. The number of carboxylic acid groups (broad SMARTS) is 1. The van der Waals surface area contributed by atoms with Gasteiger partial charge < -0.3 is 15.7 Å². The lowest BCUT2D eigenvalue weighted by Crippen LogP contribution is -2.53. The highest BCUT2D eigenvalue weighted by atomic mass is 16.4. The number of likely N-dealkylation sites (N-methyl/N-ethyl adjacent to an activating group) is 1. The van der Waals surface area contributed by atoms with Crippen LogP contribution < -0.4 is 5.73 Å². The highest BCUT2D eigenvalue weighted by molar-refractivity contribution is 5.90. The Bertz CT molecular complexity index is 443. The van der Waals surface area contributed by atoms with Crippen LogP contribution >= 0.6 is 0 Å². The minimum Gasteiger partial charge on any atom is -0.480 e. The predicted molar refractivity (Wildman–Crippen MR) is 67.8 cm³/mol. The molecule has 18 heavy (non-hydrogen) atoms. The van der Waals surface area contributed by atoms with Gasteiger partial charge in [-0.05, 0) is 19.4 Å². The number of aliphatic carboxylic acids is 1. The van der Waals surface area contributed by atoms with Gasteiger partial charge in [-0.3, -0.25) is 4.79 Å². The molecule has 0 radical (unpaired) electrons. The van der Waals surface area contributed by atoms with Crippen LogP contribution in [0.1, 0.15) is 19.4 Å². The largest absolute Gasteiger partial charge is 0.480 e. The fraction of sp³-hybridized carbons (Fsp3) is 0.385. The van der Waals surface area contributed by atoms with Crippen LogP contribution in [0.3, 0.4) is 0 Å². The number of carboxylic acids is 1. The molecule has 1 aromatic carbocycles. The smallest absolute Gasteiger partial charge is 0.326 e. The van der Waals surface area contributed by atoms with Gasteiger partial charge in [-0.1, -0.05) is 30.3 Å². The maximum atomic E-state index is 12.2. The number of nitrogens with zero attached hydrogens (tertiary/aromatic N) is 1. The van der Waals surface area contributed by atoms with E-state index in [9.17, 15) is 9.59 Å². The van der Waals surface area contributed by atoms with E-state index in [1.807, 2.05) is 6.07 Å². The van der Waals surface area contributed by atoms with Crippen LogP contribution in [0.4, 0.5) is 0 Å². The molecule has 0 bridgehead atoms. The molecular weight excluding hydrogens is 232 g/mol. The molecule has 2 unspecified atom stereocenters. The third-order valence-electron chi connectivity index (χ3n) is 3.08. The summed E-state index contributed by atoms with van der Waals surface area (Å²) in [6.45, 7) is 3.02. The molecule has 0 aromatic heterocycles. The Morgan fingerprint density at radius 3 is 2.28 bits per heavy atom. The van der Waals surface area contributed by atoms with Crippen molar-refractivity contribution in [2.75, 3.05) is 7.05 Å². The average molecular weight is 250 g/mol. The number of rotatable bonds is 4. The second-order valence-corrected chi connectivity index (χ2v) is 4.50. The summed E-state index contributed by atoms with van der Waals surface area (Å²) in [5.74, 6) is -1.49. The van der Waals surface area contributed by atoms with E-state index in [1.54, 1.807) is 31.2 Å². The van der Waals surface area contributed by atoms with E-state index < -0.39 is 23.5 Å². The van der Waals surface area contributed by atoms with Crippen LogP contribution in [0.2, 0.25) is 0 Å². The Labute approximate surface area is 106 Å². The van der Waals surface area contributed by atoms with Crippen molar-refractivity contribution < 1.29 is 14.7 Å². The number of amides is 1. The lowest BCUT2D eigenvalue weighted by Gasteiger charge is -2.31. The topological polar surface area (TPSA) is 83.6 Å². The summed E-state index contributed by atoms with van der Waals surface area (Å²) < 4.78 is 0. The van der Waals surface area contributed by atoms with Gasteiger partial charge in [-0.15, -0.1) is 0 Å². The fourth-order valence-electron chi connectivity index (χ4n) is 1.62. The maximum absolute atomic E-state index is 12.2. The molecule has 1 rings (SSSR count). The Kier molecular flexibility index (Phi) is 4.08. The number of benzene rings is 1. The Hall–Kier alpha value is -1.88. The molecule has 0 saturated heterocycles. The molecule has 5 heteroatoms. The van der Waals surface area contributed by atoms with E-state index in [0.29, 0.717) is 5.56 Å². The first-order chi connectivity index (χ1) is 8.28. The van der Waals surface area contributed by atoms with Crippen LogP contribution in [-0.4, -0.2) is 35.0 Å². The van der Waals surface area contributed by atoms with Gasteiger partial charge in [0.25, 0.3) is 0 Å². The fourth-order valence-corrected chi connectivity index (χ4v) is 1.62. The quantitative estimate of drug-likeness (QED) is 0.827. The van der Waals surface area contributed by atoms with Crippen molar-refractivity contribution in [2.24, 2.45) is 5.73 Å². The molecule has 0 fully saturated rings. The molecule has 1 amide bonds. The Morgan fingerprint density at radius 1 is 1.33 bits per heavy atom. The Morgan fingerprint density at radius 2 is 1.83 bits per heavy atom. The third-order valence-corrected chi connectivity index (χ3v) is 3.08. The van der Waals surface area contributed by atoms with Crippen LogP contribution in [0, 0.1) is 0 Å². The molecule has 0 aliphatic rings. The molecule has 0 aliphatic heterocycles. The standard InChI is InChI=1S/C13H18N2O3/c1-9(11(16)17)15(3)12(18)13(2,14)10-7-5-4-6-8-10/h4-9H,14H2,1-3H3,(H,16,17). The van der Waals surface area contributed by atoms with Crippen LogP contribution in [0.25, 0.3) is 0 Å². The molecule has 1 aromatic rings. The summed E-state index contributed by atoms with van der Waals surface area (Å²) >= 11 is 0.